The summed E-state index contributed by atoms with van der Waals surface area (Å²) >= 11 is 1.84. The fourth-order valence-electron chi connectivity index (χ4n) is 3.16. The molecular weight excluding hydrogens is 282 g/mol. The van der Waals surface area contributed by atoms with Gasteiger partial charge in [0.25, 0.3) is 0 Å². The van der Waals surface area contributed by atoms with Crippen LogP contribution in [0.15, 0.2) is 18.2 Å². The second kappa shape index (κ2) is 6.19. The number of hydrogen-bond donors (Lipinski definition) is 2. The molecule has 2 N–H and O–H groups in total. The molecule has 2 atom stereocenters. The van der Waals surface area contributed by atoms with Crippen molar-refractivity contribution >= 4 is 11.8 Å². The third-order valence-corrected chi connectivity index (χ3v) is 5.72. The standard InChI is InChI=1S/C17H25NO2S/c1-12(2)13-4-3-5-14-15(6-8-20-16(13)14)18-10-17(19)7-9-21-11-17/h3-5,12,15,18-19H,6-11H2,1-2H3. The summed E-state index contributed by atoms with van der Waals surface area (Å²) in [7, 11) is 0. The number of nitrogens with one attached hydrogen (secondary N) is 1. The van der Waals surface area contributed by atoms with E-state index in [1.165, 1.54) is 11.1 Å². The third kappa shape index (κ3) is 3.22. The molecule has 4 heteroatoms. The summed E-state index contributed by atoms with van der Waals surface area (Å²) in [6, 6.07) is 6.73. The molecule has 2 unspecified atom stereocenters. The van der Waals surface area contributed by atoms with Gasteiger partial charge < -0.3 is 15.2 Å². The number of hydrogen-bond acceptors (Lipinski definition) is 4. The number of benzene rings is 1. The lowest BCUT2D eigenvalue weighted by molar-refractivity contribution is 0.0624. The maximum absolute atomic E-state index is 10.5. The molecule has 3 nitrogen and oxygen atoms in total. The van der Waals surface area contributed by atoms with Crippen molar-refractivity contribution in [1.29, 1.82) is 0 Å². The zero-order valence-corrected chi connectivity index (χ0v) is 13.7. The van der Waals surface area contributed by atoms with Gasteiger partial charge in [0.1, 0.15) is 5.75 Å². The highest BCUT2D eigenvalue weighted by molar-refractivity contribution is 7.99. The number of ether oxygens (including phenoxy) is 1. The Balaban J connectivity index is 1.76. The molecule has 1 aromatic rings. The van der Waals surface area contributed by atoms with Crippen molar-refractivity contribution in [3.8, 4) is 5.75 Å². The van der Waals surface area contributed by atoms with Crippen molar-refractivity contribution in [1.82, 2.24) is 5.32 Å². The highest BCUT2D eigenvalue weighted by Gasteiger charge is 2.33. The molecule has 0 aromatic heterocycles. The van der Waals surface area contributed by atoms with Gasteiger partial charge in [0.15, 0.2) is 0 Å². The Morgan fingerprint density at radius 3 is 3.05 bits per heavy atom. The second-order valence-corrected chi connectivity index (χ2v) is 7.62. The van der Waals surface area contributed by atoms with Gasteiger partial charge in [0.2, 0.25) is 0 Å². The molecule has 2 aliphatic rings. The lowest BCUT2D eigenvalue weighted by Crippen LogP contribution is -2.42. The minimum absolute atomic E-state index is 0.294. The van der Waals surface area contributed by atoms with E-state index in [2.05, 4.69) is 37.4 Å². The summed E-state index contributed by atoms with van der Waals surface area (Å²) in [5.41, 5.74) is 2.01. The van der Waals surface area contributed by atoms with Crippen LogP contribution in [-0.4, -0.2) is 35.4 Å². The summed E-state index contributed by atoms with van der Waals surface area (Å²) in [6.07, 6.45) is 1.87. The molecule has 0 saturated carbocycles. The minimum Gasteiger partial charge on any atom is -0.493 e. The molecule has 116 valence electrons. The zero-order chi connectivity index (χ0) is 14.9. The van der Waals surface area contributed by atoms with Crippen LogP contribution < -0.4 is 10.1 Å². The highest BCUT2D eigenvalue weighted by atomic mass is 32.2. The topological polar surface area (TPSA) is 41.5 Å². The van der Waals surface area contributed by atoms with Crippen LogP contribution >= 0.6 is 11.8 Å². The summed E-state index contributed by atoms with van der Waals surface area (Å²) in [5.74, 6) is 3.44. The fraction of sp³-hybridized carbons (Fsp3) is 0.647. The van der Waals surface area contributed by atoms with E-state index in [4.69, 9.17) is 4.74 Å². The van der Waals surface area contributed by atoms with Gasteiger partial charge in [0.05, 0.1) is 12.2 Å². The van der Waals surface area contributed by atoms with E-state index in [1.54, 1.807) is 0 Å². The van der Waals surface area contributed by atoms with Crippen molar-refractivity contribution in [3.05, 3.63) is 29.3 Å². The number of fused-ring (bicyclic) bond motifs is 1. The quantitative estimate of drug-likeness (QED) is 0.897. The molecule has 21 heavy (non-hydrogen) atoms. The van der Waals surface area contributed by atoms with E-state index in [0.717, 1.165) is 36.7 Å². The predicted molar refractivity (Wildman–Crippen MR) is 88.3 cm³/mol. The molecule has 0 aliphatic carbocycles. The van der Waals surface area contributed by atoms with Gasteiger partial charge in [-0.15, -0.1) is 0 Å². The molecule has 1 fully saturated rings. The molecule has 0 radical (unpaired) electrons. The van der Waals surface area contributed by atoms with E-state index in [9.17, 15) is 5.11 Å². The van der Waals surface area contributed by atoms with E-state index in [1.807, 2.05) is 11.8 Å². The Morgan fingerprint density at radius 1 is 1.48 bits per heavy atom. The molecule has 2 heterocycles. The van der Waals surface area contributed by atoms with E-state index < -0.39 is 5.60 Å². The average Bonchev–Trinajstić information content (AvgIpc) is 2.91. The first-order valence-electron chi connectivity index (χ1n) is 7.88. The smallest absolute Gasteiger partial charge is 0.127 e. The molecule has 2 aliphatic heterocycles. The van der Waals surface area contributed by atoms with Crippen molar-refractivity contribution in [3.63, 3.8) is 0 Å². The van der Waals surface area contributed by atoms with Crippen LogP contribution in [0.2, 0.25) is 0 Å². The van der Waals surface area contributed by atoms with Crippen LogP contribution in [0.3, 0.4) is 0 Å². The minimum atomic E-state index is -0.529. The Hall–Kier alpha value is -0.710. The average molecular weight is 307 g/mol. The maximum atomic E-state index is 10.5. The first kappa shape index (κ1) is 15.2. The highest BCUT2D eigenvalue weighted by Crippen LogP contribution is 2.38. The largest absolute Gasteiger partial charge is 0.493 e. The molecular formula is C17H25NO2S. The van der Waals surface area contributed by atoms with Crippen LogP contribution in [0.1, 0.15) is 49.8 Å². The lowest BCUT2D eigenvalue weighted by Gasteiger charge is -2.32. The molecule has 1 aromatic carbocycles. The molecule has 3 rings (SSSR count). The van der Waals surface area contributed by atoms with E-state index >= 15 is 0 Å². The molecule has 0 amide bonds. The number of para-hydroxylation sites is 1. The Morgan fingerprint density at radius 2 is 2.33 bits per heavy atom. The van der Waals surface area contributed by atoms with Crippen LogP contribution in [-0.2, 0) is 0 Å². The van der Waals surface area contributed by atoms with Gasteiger partial charge in [-0.25, -0.2) is 0 Å². The van der Waals surface area contributed by atoms with Gasteiger partial charge in [-0.2, -0.15) is 11.8 Å². The van der Waals surface area contributed by atoms with Gasteiger partial charge in [-0.3, -0.25) is 0 Å². The molecule has 0 spiro atoms. The Kier molecular flexibility index (Phi) is 4.48. The third-order valence-electron chi connectivity index (χ3n) is 4.49. The van der Waals surface area contributed by atoms with Crippen molar-refractivity contribution in [2.24, 2.45) is 0 Å². The van der Waals surface area contributed by atoms with Crippen LogP contribution in [0.5, 0.6) is 5.75 Å². The molecule has 0 bridgehead atoms. The van der Waals surface area contributed by atoms with Gasteiger partial charge >= 0.3 is 0 Å². The zero-order valence-electron chi connectivity index (χ0n) is 12.9. The number of aliphatic hydroxyl groups is 1. The number of thioether (sulfide) groups is 1. The normalized spacial score (nSPS) is 28.5. The van der Waals surface area contributed by atoms with Crippen molar-refractivity contribution < 1.29 is 9.84 Å². The SMILES string of the molecule is CC(C)c1cccc2c1OCCC2NCC1(O)CCSC1. The van der Waals surface area contributed by atoms with Crippen molar-refractivity contribution in [2.45, 2.75) is 44.2 Å². The summed E-state index contributed by atoms with van der Waals surface area (Å²) in [6.45, 7) is 5.83. The maximum Gasteiger partial charge on any atom is 0.127 e. The van der Waals surface area contributed by atoms with Gasteiger partial charge in [-0.1, -0.05) is 32.0 Å². The fourth-order valence-corrected chi connectivity index (χ4v) is 4.46. The van der Waals surface area contributed by atoms with E-state index in [0.29, 0.717) is 18.5 Å². The summed E-state index contributed by atoms with van der Waals surface area (Å²) in [4.78, 5) is 0. The summed E-state index contributed by atoms with van der Waals surface area (Å²) < 4.78 is 5.94. The predicted octanol–water partition coefficient (Wildman–Crippen LogP) is 3.09. The van der Waals surface area contributed by atoms with Gasteiger partial charge in [-0.05, 0) is 23.7 Å². The Bertz CT molecular complexity index is 498. The first-order chi connectivity index (χ1) is 10.1. The van der Waals surface area contributed by atoms with Gasteiger partial charge in [0, 0.05) is 30.3 Å². The first-order valence-corrected chi connectivity index (χ1v) is 9.04. The second-order valence-electron chi connectivity index (χ2n) is 6.52. The van der Waals surface area contributed by atoms with Crippen molar-refractivity contribution in [2.75, 3.05) is 24.7 Å². The number of rotatable bonds is 4. The Labute approximate surface area is 131 Å². The van der Waals surface area contributed by atoms with E-state index in [-0.39, 0.29) is 0 Å². The lowest BCUT2D eigenvalue weighted by atomic mass is 9.92. The van der Waals surface area contributed by atoms with Crippen LogP contribution in [0.4, 0.5) is 0 Å². The molecule has 1 saturated heterocycles. The van der Waals surface area contributed by atoms with Crippen LogP contribution in [0.25, 0.3) is 0 Å². The van der Waals surface area contributed by atoms with Crippen LogP contribution in [0, 0.1) is 0 Å². The monoisotopic (exact) mass is 307 g/mol. The summed E-state index contributed by atoms with van der Waals surface area (Å²) in [5, 5.41) is 14.1.